The Hall–Kier alpha value is -1.43. The Labute approximate surface area is 120 Å². The molecule has 1 aliphatic carbocycles. The maximum absolute atomic E-state index is 12.2. The number of aromatic nitrogens is 3. The zero-order valence-corrected chi connectivity index (χ0v) is 12.4. The first-order chi connectivity index (χ1) is 9.54. The summed E-state index contributed by atoms with van der Waals surface area (Å²) in [5.41, 5.74) is 5.97. The first-order valence-corrected chi connectivity index (χ1v) is 7.47. The predicted octanol–water partition coefficient (Wildman–Crippen LogP) is 1.33. The van der Waals surface area contributed by atoms with E-state index in [1.54, 1.807) is 10.9 Å². The number of amides is 1. The van der Waals surface area contributed by atoms with Crippen molar-refractivity contribution in [3.63, 3.8) is 0 Å². The Balaban J connectivity index is 1.95. The van der Waals surface area contributed by atoms with Gasteiger partial charge in [-0.05, 0) is 25.2 Å². The van der Waals surface area contributed by atoms with Crippen LogP contribution in [-0.2, 0) is 6.54 Å². The molecular weight excluding hydrogens is 254 g/mol. The minimum Gasteiger partial charge on any atom is -0.344 e. The summed E-state index contributed by atoms with van der Waals surface area (Å²) in [5, 5.41) is 11.0. The van der Waals surface area contributed by atoms with Crippen molar-refractivity contribution in [3.05, 3.63) is 11.9 Å². The molecule has 20 heavy (non-hydrogen) atoms. The van der Waals surface area contributed by atoms with Crippen molar-refractivity contribution in [1.29, 1.82) is 0 Å². The molecule has 0 aliphatic heterocycles. The maximum Gasteiger partial charge on any atom is 0.273 e. The summed E-state index contributed by atoms with van der Waals surface area (Å²) in [6.45, 7) is 5.60. The van der Waals surface area contributed by atoms with Crippen molar-refractivity contribution in [2.45, 2.75) is 58.0 Å². The average Bonchev–Trinajstić information content (AvgIpc) is 3.05. The van der Waals surface area contributed by atoms with Gasteiger partial charge in [-0.3, -0.25) is 9.48 Å². The Bertz CT molecular complexity index is 448. The van der Waals surface area contributed by atoms with Gasteiger partial charge in [0.05, 0.1) is 11.7 Å². The van der Waals surface area contributed by atoms with E-state index >= 15 is 0 Å². The van der Waals surface area contributed by atoms with Crippen LogP contribution in [0.15, 0.2) is 6.20 Å². The number of carbonyl (C=O) groups is 1. The molecule has 1 fully saturated rings. The molecule has 112 valence electrons. The fourth-order valence-electron chi connectivity index (χ4n) is 2.64. The Morgan fingerprint density at radius 1 is 1.50 bits per heavy atom. The first-order valence-electron chi connectivity index (χ1n) is 7.47. The molecule has 1 aromatic heterocycles. The van der Waals surface area contributed by atoms with Crippen LogP contribution in [-0.4, -0.2) is 33.0 Å². The van der Waals surface area contributed by atoms with Gasteiger partial charge in [0.25, 0.3) is 5.91 Å². The van der Waals surface area contributed by atoms with E-state index in [0.29, 0.717) is 18.2 Å². The molecule has 1 aromatic rings. The van der Waals surface area contributed by atoms with Crippen LogP contribution in [0.4, 0.5) is 0 Å². The maximum atomic E-state index is 12.2. The molecule has 6 nitrogen and oxygen atoms in total. The van der Waals surface area contributed by atoms with Crippen LogP contribution in [0.2, 0.25) is 0 Å². The fraction of sp³-hybridized carbons (Fsp3) is 0.786. The number of nitrogens with zero attached hydrogens (tertiary/aromatic N) is 3. The van der Waals surface area contributed by atoms with E-state index in [2.05, 4.69) is 29.5 Å². The van der Waals surface area contributed by atoms with Gasteiger partial charge in [0.1, 0.15) is 0 Å². The minimum atomic E-state index is -0.237. The zero-order valence-electron chi connectivity index (χ0n) is 12.4. The number of hydrogen-bond donors (Lipinski definition) is 2. The van der Waals surface area contributed by atoms with Gasteiger partial charge in [-0.15, -0.1) is 5.10 Å². The smallest absolute Gasteiger partial charge is 0.273 e. The van der Waals surface area contributed by atoms with Gasteiger partial charge in [0.15, 0.2) is 5.69 Å². The highest BCUT2D eigenvalue weighted by molar-refractivity contribution is 5.92. The lowest BCUT2D eigenvalue weighted by atomic mass is 9.98. The van der Waals surface area contributed by atoms with Gasteiger partial charge in [-0.2, -0.15) is 0 Å². The minimum absolute atomic E-state index is 0.159. The normalized spacial score (nSPS) is 17.6. The molecule has 0 saturated heterocycles. The van der Waals surface area contributed by atoms with E-state index in [1.165, 1.54) is 0 Å². The third-order valence-corrected chi connectivity index (χ3v) is 4.04. The number of rotatable bonds is 6. The molecule has 1 aliphatic rings. The molecule has 0 bridgehead atoms. The molecule has 0 atom stereocenters. The van der Waals surface area contributed by atoms with Crippen LogP contribution in [0.25, 0.3) is 0 Å². The number of aryl methyl sites for hydroxylation is 1. The molecule has 6 heteroatoms. The summed E-state index contributed by atoms with van der Waals surface area (Å²) in [5.74, 6) is 0.448. The molecule has 0 spiro atoms. The molecular formula is C14H25N5O. The molecule has 0 radical (unpaired) electrons. The van der Waals surface area contributed by atoms with E-state index in [-0.39, 0.29) is 11.4 Å². The van der Waals surface area contributed by atoms with Gasteiger partial charge in [0, 0.05) is 13.1 Å². The van der Waals surface area contributed by atoms with E-state index in [4.69, 9.17) is 5.73 Å². The first kappa shape index (κ1) is 15.0. The number of nitrogens with two attached hydrogens (primary N) is 1. The highest BCUT2D eigenvalue weighted by Crippen LogP contribution is 2.28. The van der Waals surface area contributed by atoms with Crippen LogP contribution in [0, 0.1) is 5.92 Å². The Kier molecular flexibility index (Phi) is 4.75. The summed E-state index contributed by atoms with van der Waals surface area (Å²) in [6.07, 6.45) is 6.90. The lowest BCUT2D eigenvalue weighted by Gasteiger charge is -2.28. The second-order valence-electron chi connectivity index (χ2n) is 6.20. The number of hydrogen-bond acceptors (Lipinski definition) is 4. The Morgan fingerprint density at radius 2 is 2.20 bits per heavy atom. The van der Waals surface area contributed by atoms with Crippen molar-refractivity contribution < 1.29 is 4.79 Å². The summed E-state index contributed by atoms with van der Waals surface area (Å²) < 4.78 is 1.73. The van der Waals surface area contributed by atoms with E-state index in [0.717, 1.165) is 38.6 Å². The summed E-state index contributed by atoms with van der Waals surface area (Å²) in [4.78, 5) is 12.2. The highest BCUT2D eigenvalue weighted by Gasteiger charge is 2.34. The van der Waals surface area contributed by atoms with Gasteiger partial charge in [-0.1, -0.05) is 31.9 Å². The number of nitrogens with one attached hydrogen (secondary N) is 1. The fourth-order valence-corrected chi connectivity index (χ4v) is 2.64. The zero-order chi connectivity index (χ0) is 14.6. The van der Waals surface area contributed by atoms with E-state index in [9.17, 15) is 4.79 Å². The molecule has 3 N–H and O–H groups in total. The molecule has 1 amide bonds. The van der Waals surface area contributed by atoms with Crippen molar-refractivity contribution in [1.82, 2.24) is 20.3 Å². The summed E-state index contributed by atoms with van der Waals surface area (Å²) in [6, 6.07) is 0. The van der Waals surface area contributed by atoms with Crippen LogP contribution < -0.4 is 11.1 Å². The van der Waals surface area contributed by atoms with E-state index in [1.807, 2.05) is 0 Å². The lowest BCUT2D eigenvalue weighted by molar-refractivity contribution is 0.0898. The molecule has 1 saturated carbocycles. The lowest BCUT2D eigenvalue weighted by Crippen LogP contribution is -2.51. The van der Waals surface area contributed by atoms with Gasteiger partial charge >= 0.3 is 0 Å². The quantitative estimate of drug-likeness (QED) is 0.822. The Morgan fingerprint density at radius 3 is 2.80 bits per heavy atom. The molecule has 2 rings (SSSR count). The van der Waals surface area contributed by atoms with Crippen molar-refractivity contribution >= 4 is 5.91 Å². The van der Waals surface area contributed by atoms with Gasteiger partial charge in [-0.25, -0.2) is 0 Å². The van der Waals surface area contributed by atoms with Gasteiger partial charge < -0.3 is 11.1 Å². The third-order valence-electron chi connectivity index (χ3n) is 4.04. The van der Waals surface area contributed by atoms with Crippen molar-refractivity contribution in [2.24, 2.45) is 11.7 Å². The van der Waals surface area contributed by atoms with Crippen LogP contribution in [0.3, 0.4) is 0 Å². The summed E-state index contributed by atoms with van der Waals surface area (Å²) in [7, 11) is 0. The monoisotopic (exact) mass is 279 g/mol. The topological polar surface area (TPSA) is 85.8 Å². The van der Waals surface area contributed by atoms with Crippen molar-refractivity contribution in [3.8, 4) is 0 Å². The molecule has 0 aromatic carbocycles. The molecule has 1 heterocycles. The highest BCUT2D eigenvalue weighted by atomic mass is 16.2. The molecule has 0 unspecified atom stereocenters. The SMILES string of the molecule is CC(C)CCn1cc(C(=O)NC2(CN)CCCC2)nn1. The predicted molar refractivity (Wildman–Crippen MR) is 77.2 cm³/mol. The third kappa shape index (κ3) is 3.56. The van der Waals surface area contributed by atoms with E-state index < -0.39 is 0 Å². The van der Waals surface area contributed by atoms with Gasteiger partial charge in [0.2, 0.25) is 0 Å². The largest absolute Gasteiger partial charge is 0.344 e. The van der Waals surface area contributed by atoms with Crippen molar-refractivity contribution in [2.75, 3.05) is 6.54 Å². The summed E-state index contributed by atoms with van der Waals surface area (Å²) >= 11 is 0. The standard InChI is InChI=1S/C14H25N5O/c1-11(2)5-8-19-9-12(17-18-19)13(20)16-14(10-15)6-3-4-7-14/h9,11H,3-8,10,15H2,1-2H3,(H,16,20). The van der Waals surface area contributed by atoms with Crippen LogP contribution in [0.1, 0.15) is 56.4 Å². The van der Waals surface area contributed by atoms with Crippen LogP contribution >= 0.6 is 0 Å². The number of carbonyl (C=O) groups excluding carboxylic acids is 1. The second kappa shape index (κ2) is 6.35. The second-order valence-corrected chi connectivity index (χ2v) is 6.20. The van der Waals surface area contributed by atoms with Crippen LogP contribution in [0.5, 0.6) is 0 Å². The average molecular weight is 279 g/mol.